The molecule has 3 nitrogen and oxygen atoms in total. The summed E-state index contributed by atoms with van der Waals surface area (Å²) in [6.45, 7) is 0.361. The van der Waals surface area contributed by atoms with Gasteiger partial charge in [-0.25, -0.2) is 22.0 Å². The predicted octanol–water partition coefficient (Wildman–Crippen LogP) is 6.56. The minimum absolute atomic E-state index is 0.361. The van der Waals surface area contributed by atoms with Crippen molar-refractivity contribution in [2.45, 2.75) is 6.61 Å². The fraction of sp³-hybridized carbons (Fsp3) is 0.0417. The number of hydrazone groups is 1. The highest BCUT2D eigenvalue weighted by Gasteiger charge is 2.25. The van der Waals surface area contributed by atoms with Gasteiger partial charge in [0.2, 0.25) is 5.82 Å². The van der Waals surface area contributed by atoms with Gasteiger partial charge in [0, 0.05) is 0 Å². The SMILES string of the molecule is Fc1c(F)c(F)c(NN=Cc2ccc(OCc3ccc4ccccc4c3)cc2)c(F)c1F. The fourth-order valence-electron chi connectivity index (χ4n) is 3.02. The smallest absolute Gasteiger partial charge is 0.200 e. The van der Waals surface area contributed by atoms with Crippen LogP contribution in [0.2, 0.25) is 0 Å². The molecule has 0 saturated heterocycles. The van der Waals surface area contributed by atoms with Crippen LogP contribution in [0, 0.1) is 29.1 Å². The lowest BCUT2D eigenvalue weighted by atomic mass is 10.1. The Labute approximate surface area is 179 Å². The van der Waals surface area contributed by atoms with E-state index in [9.17, 15) is 22.0 Å². The van der Waals surface area contributed by atoms with Crippen molar-refractivity contribution in [2.75, 3.05) is 5.43 Å². The van der Waals surface area contributed by atoms with Gasteiger partial charge in [0.1, 0.15) is 18.0 Å². The summed E-state index contributed by atoms with van der Waals surface area (Å²) in [5.41, 5.74) is 2.14. The number of nitrogens with zero attached hydrogens (tertiary/aromatic N) is 1. The number of ether oxygens (including phenoxy) is 1. The number of rotatable bonds is 6. The van der Waals surface area contributed by atoms with E-state index >= 15 is 0 Å². The third-order valence-electron chi connectivity index (χ3n) is 4.70. The summed E-state index contributed by atoms with van der Waals surface area (Å²) in [6, 6.07) is 20.6. The predicted molar refractivity (Wildman–Crippen MR) is 112 cm³/mol. The average Bonchev–Trinajstić information content (AvgIpc) is 2.83. The summed E-state index contributed by atoms with van der Waals surface area (Å²) in [5.74, 6) is -9.71. The first-order chi connectivity index (χ1) is 15.4. The highest BCUT2D eigenvalue weighted by atomic mass is 19.2. The van der Waals surface area contributed by atoms with Gasteiger partial charge in [-0.15, -0.1) is 0 Å². The molecule has 0 aromatic heterocycles. The summed E-state index contributed by atoms with van der Waals surface area (Å²) in [5, 5.41) is 5.80. The van der Waals surface area contributed by atoms with Crippen molar-refractivity contribution in [1.82, 2.24) is 0 Å². The van der Waals surface area contributed by atoms with Crippen LogP contribution < -0.4 is 10.2 Å². The number of hydrogen-bond donors (Lipinski definition) is 1. The summed E-state index contributed by atoms with van der Waals surface area (Å²) in [7, 11) is 0. The maximum atomic E-state index is 13.6. The summed E-state index contributed by atoms with van der Waals surface area (Å²) in [4.78, 5) is 0. The van der Waals surface area contributed by atoms with Crippen LogP contribution in [-0.4, -0.2) is 6.21 Å². The van der Waals surface area contributed by atoms with Crippen LogP contribution in [0.3, 0.4) is 0 Å². The largest absolute Gasteiger partial charge is 0.489 e. The quantitative estimate of drug-likeness (QED) is 0.121. The molecule has 0 saturated carbocycles. The van der Waals surface area contributed by atoms with Gasteiger partial charge in [0.15, 0.2) is 23.3 Å². The molecule has 0 bridgehead atoms. The van der Waals surface area contributed by atoms with E-state index in [2.05, 4.69) is 5.10 Å². The van der Waals surface area contributed by atoms with Gasteiger partial charge in [-0.05, 0) is 52.2 Å². The number of nitrogens with one attached hydrogen (secondary N) is 1. The molecule has 4 aromatic rings. The molecular weight excluding hydrogens is 427 g/mol. The molecule has 0 heterocycles. The normalized spacial score (nSPS) is 11.3. The molecule has 1 N–H and O–H groups in total. The molecule has 0 radical (unpaired) electrons. The van der Waals surface area contributed by atoms with Gasteiger partial charge in [-0.1, -0.05) is 36.4 Å². The maximum Gasteiger partial charge on any atom is 0.200 e. The first-order valence-electron chi connectivity index (χ1n) is 9.45. The summed E-state index contributed by atoms with van der Waals surface area (Å²) >= 11 is 0. The Morgan fingerprint density at radius 3 is 2.03 bits per heavy atom. The average molecular weight is 442 g/mol. The highest BCUT2D eigenvalue weighted by molar-refractivity contribution is 5.83. The number of halogens is 5. The monoisotopic (exact) mass is 442 g/mol. The zero-order valence-electron chi connectivity index (χ0n) is 16.4. The molecule has 0 fully saturated rings. The Morgan fingerprint density at radius 2 is 1.34 bits per heavy atom. The van der Waals surface area contributed by atoms with Crippen LogP contribution in [0.4, 0.5) is 27.6 Å². The molecule has 4 rings (SSSR count). The van der Waals surface area contributed by atoms with Crippen LogP contribution in [0.15, 0.2) is 71.8 Å². The van der Waals surface area contributed by atoms with Crippen molar-refractivity contribution in [1.29, 1.82) is 0 Å². The van der Waals surface area contributed by atoms with Gasteiger partial charge < -0.3 is 4.74 Å². The molecule has 0 aliphatic heterocycles. The minimum atomic E-state index is -2.23. The fourth-order valence-corrected chi connectivity index (χ4v) is 3.02. The molecule has 0 unspecified atom stereocenters. The van der Waals surface area contributed by atoms with E-state index < -0.39 is 34.8 Å². The van der Waals surface area contributed by atoms with E-state index in [0.717, 1.165) is 16.3 Å². The first-order valence-corrected chi connectivity index (χ1v) is 9.45. The van der Waals surface area contributed by atoms with Crippen LogP contribution in [-0.2, 0) is 6.61 Å². The maximum absolute atomic E-state index is 13.6. The lowest BCUT2D eigenvalue weighted by molar-refractivity contribution is 0.306. The van der Waals surface area contributed by atoms with Gasteiger partial charge in [-0.2, -0.15) is 5.10 Å². The zero-order chi connectivity index (χ0) is 22.7. The van der Waals surface area contributed by atoms with Crippen molar-refractivity contribution in [3.05, 3.63) is 107 Å². The van der Waals surface area contributed by atoms with Crippen molar-refractivity contribution in [3.8, 4) is 5.75 Å². The lowest BCUT2D eigenvalue weighted by Gasteiger charge is -2.08. The third-order valence-corrected chi connectivity index (χ3v) is 4.70. The molecule has 4 aromatic carbocycles. The van der Waals surface area contributed by atoms with E-state index in [1.165, 1.54) is 6.21 Å². The molecule has 32 heavy (non-hydrogen) atoms. The van der Waals surface area contributed by atoms with Crippen LogP contribution in [0.1, 0.15) is 11.1 Å². The van der Waals surface area contributed by atoms with Gasteiger partial charge >= 0.3 is 0 Å². The van der Waals surface area contributed by atoms with Crippen molar-refractivity contribution in [3.63, 3.8) is 0 Å². The van der Waals surface area contributed by atoms with E-state index in [1.54, 1.807) is 24.3 Å². The number of hydrogen-bond acceptors (Lipinski definition) is 3. The number of benzene rings is 4. The van der Waals surface area contributed by atoms with Crippen LogP contribution in [0.5, 0.6) is 5.75 Å². The first kappa shape index (κ1) is 21.3. The minimum Gasteiger partial charge on any atom is -0.489 e. The topological polar surface area (TPSA) is 33.6 Å². The second-order valence-electron chi connectivity index (χ2n) is 6.85. The second kappa shape index (κ2) is 9.05. The highest BCUT2D eigenvalue weighted by Crippen LogP contribution is 2.27. The van der Waals surface area contributed by atoms with Crippen LogP contribution >= 0.6 is 0 Å². The van der Waals surface area contributed by atoms with Gasteiger partial charge in [0.25, 0.3) is 0 Å². The standard InChI is InChI=1S/C24H15F5N2O/c25-19-20(26)22(28)24(23(29)21(19)27)31-30-12-14-6-9-18(10-7-14)32-13-15-5-8-16-3-1-2-4-17(16)11-15/h1-12,31H,13H2. The van der Waals surface area contributed by atoms with Crippen molar-refractivity contribution >= 4 is 22.7 Å². The Morgan fingerprint density at radius 1 is 0.719 bits per heavy atom. The Balaban J connectivity index is 1.39. The van der Waals surface area contributed by atoms with Gasteiger partial charge in [0.05, 0.1) is 6.21 Å². The molecule has 0 aliphatic carbocycles. The van der Waals surface area contributed by atoms with E-state index in [-0.39, 0.29) is 0 Å². The van der Waals surface area contributed by atoms with E-state index in [4.69, 9.17) is 4.74 Å². The number of anilines is 1. The van der Waals surface area contributed by atoms with E-state index in [0.29, 0.717) is 17.9 Å². The van der Waals surface area contributed by atoms with E-state index in [1.807, 2.05) is 47.9 Å². The number of fused-ring (bicyclic) bond motifs is 1. The lowest BCUT2D eigenvalue weighted by Crippen LogP contribution is -2.06. The van der Waals surface area contributed by atoms with Crippen molar-refractivity contribution in [2.24, 2.45) is 5.10 Å². The molecule has 0 atom stereocenters. The van der Waals surface area contributed by atoms with Crippen molar-refractivity contribution < 1.29 is 26.7 Å². The summed E-state index contributed by atoms with van der Waals surface area (Å²) < 4.78 is 72.5. The van der Waals surface area contributed by atoms with Gasteiger partial charge in [-0.3, -0.25) is 5.43 Å². The Hall–Kier alpha value is -3.94. The molecule has 0 amide bonds. The molecule has 0 spiro atoms. The molecule has 8 heteroatoms. The second-order valence-corrected chi connectivity index (χ2v) is 6.85. The molecule has 0 aliphatic rings. The third kappa shape index (κ3) is 4.39. The Kier molecular flexibility index (Phi) is 6.02. The van der Waals surface area contributed by atoms with Crippen LogP contribution in [0.25, 0.3) is 10.8 Å². The molecular formula is C24H15F5N2O. The Bertz CT molecular complexity index is 1280. The zero-order valence-corrected chi connectivity index (χ0v) is 16.4. The summed E-state index contributed by atoms with van der Waals surface area (Å²) in [6.07, 6.45) is 1.17. The molecule has 162 valence electrons.